The van der Waals surface area contributed by atoms with Gasteiger partial charge in [0.05, 0.1) is 0 Å². The highest BCUT2D eigenvalue weighted by Crippen LogP contribution is 2.20. The van der Waals surface area contributed by atoms with Gasteiger partial charge in [-0.05, 0) is 72.5 Å². The van der Waals surface area contributed by atoms with Crippen LogP contribution in [0.25, 0.3) is 0 Å². The highest BCUT2D eigenvalue weighted by molar-refractivity contribution is 4.77. The lowest BCUT2D eigenvalue weighted by atomic mass is 10.1. The van der Waals surface area contributed by atoms with Gasteiger partial charge in [-0.2, -0.15) is 0 Å². The fourth-order valence-electron chi connectivity index (χ4n) is 2.91. The van der Waals surface area contributed by atoms with Crippen LogP contribution in [-0.2, 0) is 0 Å². The first-order valence-corrected chi connectivity index (χ1v) is 8.02. The van der Waals surface area contributed by atoms with Crippen LogP contribution in [0.4, 0.5) is 0 Å². The minimum atomic E-state index is 0.282. The van der Waals surface area contributed by atoms with Crippen molar-refractivity contribution in [3.05, 3.63) is 0 Å². The second-order valence-electron chi connectivity index (χ2n) is 6.83. The molecule has 2 heteroatoms. The summed E-state index contributed by atoms with van der Waals surface area (Å²) in [4.78, 5) is 2.72. The summed E-state index contributed by atoms with van der Waals surface area (Å²) in [6, 6.07) is 0.896. The number of rotatable bonds is 8. The van der Waals surface area contributed by atoms with E-state index in [1.54, 1.807) is 0 Å². The summed E-state index contributed by atoms with van der Waals surface area (Å²) in [6.45, 7) is 12.9. The highest BCUT2D eigenvalue weighted by Gasteiger charge is 2.21. The summed E-state index contributed by atoms with van der Waals surface area (Å²) >= 11 is 0. The van der Waals surface area contributed by atoms with E-state index in [0.717, 1.165) is 6.04 Å². The predicted molar refractivity (Wildman–Crippen MR) is 81.1 cm³/mol. The van der Waals surface area contributed by atoms with Gasteiger partial charge in [0.15, 0.2) is 0 Å². The molecule has 0 saturated carbocycles. The SMILES string of the molecule is CCC1CCCN1CCCCCCNC(C)(C)C. The third kappa shape index (κ3) is 6.75. The predicted octanol–water partition coefficient (Wildman–Crippen LogP) is 3.81. The molecule has 1 aliphatic rings. The molecular weight excluding hydrogens is 220 g/mol. The van der Waals surface area contributed by atoms with Crippen LogP contribution < -0.4 is 5.32 Å². The third-order valence-electron chi connectivity index (χ3n) is 4.00. The number of unbranched alkanes of at least 4 members (excludes halogenated alkanes) is 3. The van der Waals surface area contributed by atoms with Crippen molar-refractivity contribution in [3.8, 4) is 0 Å². The van der Waals surface area contributed by atoms with Gasteiger partial charge in [-0.25, -0.2) is 0 Å². The van der Waals surface area contributed by atoms with E-state index in [1.165, 1.54) is 64.6 Å². The van der Waals surface area contributed by atoms with Crippen LogP contribution in [0.15, 0.2) is 0 Å². The molecule has 1 saturated heterocycles. The van der Waals surface area contributed by atoms with Crippen LogP contribution in [0.2, 0.25) is 0 Å². The van der Waals surface area contributed by atoms with Crippen molar-refractivity contribution < 1.29 is 0 Å². The Balaban J connectivity index is 1.92. The molecule has 2 nitrogen and oxygen atoms in total. The summed E-state index contributed by atoms with van der Waals surface area (Å²) < 4.78 is 0. The molecule has 0 aromatic heterocycles. The van der Waals surface area contributed by atoms with E-state index >= 15 is 0 Å². The molecule has 0 bridgehead atoms. The van der Waals surface area contributed by atoms with E-state index in [4.69, 9.17) is 0 Å². The van der Waals surface area contributed by atoms with Crippen LogP contribution >= 0.6 is 0 Å². The third-order valence-corrected chi connectivity index (χ3v) is 4.00. The monoisotopic (exact) mass is 254 g/mol. The van der Waals surface area contributed by atoms with Gasteiger partial charge in [-0.15, -0.1) is 0 Å². The van der Waals surface area contributed by atoms with E-state index < -0.39 is 0 Å². The second-order valence-corrected chi connectivity index (χ2v) is 6.83. The van der Waals surface area contributed by atoms with Crippen molar-refractivity contribution in [1.29, 1.82) is 0 Å². The topological polar surface area (TPSA) is 15.3 Å². The average molecular weight is 254 g/mol. The number of nitrogens with one attached hydrogen (secondary N) is 1. The van der Waals surface area contributed by atoms with Crippen molar-refractivity contribution in [2.24, 2.45) is 0 Å². The lowest BCUT2D eigenvalue weighted by Crippen LogP contribution is -2.36. The number of hydrogen-bond acceptors (Lipinski definition) is 2. The maximum absolute atomic E-state index is 3.56. The number of nitrogens with zero attached hydrogens (tertiary/aromatic N) is 1. The molecule has 0 aromatic rings. The zero-order valence-electron chi connectivity index (χ0n) is 13.1. The van der Waals surface area contributed by atoms with Gasteiger partial charge < -0.3 is 10.2 Å². The molecule has 0 radical (unpaired) electrons. The maximum Gasteiger partial charge on any atom is 0.00965 e. The van der Waals surface area contributed by atoms with Crippen LogP contribution in [0.5, 0.6) is 0 Å². The molecule has 18 heavy (non-hydrogen) atoms. The van der Waals surface area contributed by atoms with Gasteiger partial charge in [0.1, 0.15) is 0 Å². The molecular formula is C16H34N2. The molecule has 0 aliphatic carbocycles. The Kier molecular flexibility index (Phi) is 7.25. The van der Waals surface area contributed by atoms with Gasteiger partial charge in [-0.3, -0.25) is 0 Å². The van der Waals surface area contributed by atoms with Gasteiger partial charge in [0.25, 0.3) is 0 Å². The quantitative estimate of drug-likeness (QED) is 0.663. The van der Waals surface area contributed by atoms with Crippen molar-refractivity contribution >= 4 is 0 Å². The zero-order valence-corrected chi connectivity index (χ0v) is 13.1. The Morgan fingerprint density at radius 2 is 1.83 bits per heavy atom. The Bertz CT molecular complexity index is 208. The first-order chi connectivity index (χ1) is 8.53. The largest absolute Gasteiger partial charge is 0.312 e. The zero-order chi connectivity index (χ0) is 13.4. The van der Waals surface area contributed by atoms with Crippen molar-refractivity contribution in [3.63, 3.8) is 0 Å². The fraction of sp³-hybridized carbons (Fsp3) is 1.00. The average Bonchev–Trinajstić information content (AvgIpc) is 2.73. The van der Waals surface area contributed by atoms with E-state index in [1.807, 2.05) is 0 Å². The Morgan fingerprint density at radius 3 is 2.50 bits per heavy atom. The van der Waals surface area contributed by atoms with Crippen molar-refractivity contribution in [1.82, 2.24) is 10.2 Å². The first-order valence-electron chi connectivity index (χ1n) is 8.02. The van der Waals surface area contributed by atoms with Crippen LogP contribution in [0.1, 0.15) is 72.6 Å². The number of hydrogen-bond donors (Lipinski definition) is 1. The van der Waals surface area contributed by atoms with E-state index in [-0.39, 0.29) is 5.54 Å². The summed E-state index contributed by atoms with van der Waals surface area (Å²) in [5.74, 6) is 0. The fourth-order valence-corrected chi connectivity index (χ4v) is 2.91. The lowest BCUT2D eigenvalue weighted by molar-refractivity contribution is 0.242. The first kappa shape index (κ1) is 16.0. The molecule has 108 valence electrons. The smallest absolute Gasteiger partial charge is 0.00965 e. The second kappa shape index (κ2) is 8.16. The molecule has 1 fully saturated rings. The molecule has 1 rings (SSSR count). The summed E-state index contributed by atoms with van der Waals surface area (Å²) in [5.41, 5.74) is 0.282. The molecule has 1 atom stereocenters. The summed E-state index contributed by atoms with van der Waals surface area (Å²) in [6.07, 6.45) is 9.71. The minimum Gasteiger partial charge on any atom is -0.312 e. The van der Waals surface area contributed by atoms with Crippen LogP contribution in [0, 0.1) is 0 Å². The van der Waals surface area contributed by atoms with E-state index in [9.17, 15) is 0 Å². The van der Waals surface area contributed by atoms with E-state index in [0.29, 0.717) is 0 Å². The molecule has 0 aromatic carbocycles. The molecule has 0 spiro atoms. The summed E-state index contributed by atoms with van der Waals surface area (Å²) in [7, 11) is 0. The molecule has 1 unspecified atom stereocenters. The van der Waals surface area contributed by atoms with Gasteiger partial charge in [0, 0.05) is 11.6 Å². The van der Waals surface area contributed by atoms with Crippen molar-refractivity contribution in [2.45, 2.75) is 84.2 Å². The van der Waals surface area contributed by atoms with Crippen molar-refractivity contribution in [2.75, 3.05) is 19.6 Å². The van der Waals surface area contributed by atoms with Crippen LogP contribution in [-0.4, -0.2) is 36.1 Å². The Labute approximate surface area is 115 Å². The minimum absolute atomic E-state index is 0.282. The highest BCUT2D eigenvalue weighted by atomic mass is 15.2. The maximum atomic E-state index is 3.56. The van der Waals surface area contributed by atoms with Gasteiger partial charge in [0.2, 0.25) is 0 Å². The summed E-state index contributed by atoms with van der Waals surface area (Å²) in [5, 5.41) is 3.56. The lowest BCUT2D eigenvalue weighted by Gasteiger charge is -2.23. The molecule has 1 aliphatic heterocycles. The molecule has 0 amide bonds. The standard InChI is InChI=1S/C16H34N2/c1-5-15-11-10-14-18(15)13-9-7-6-8-12-17-16(2,3)4/h15,17H,5-14H2,1-4H3. The number of likely N-dealkylation sites (tertiary alicyclic amines) is 1. The molecule has 1 heterocycles. The van der Waals surface area contributed by atoms with Crippen LogP contribution in [0.3, 0.4) is 0 Å². The van der Waals surface area contributed by atoms with E-state index in [2.05, 4.69) is 37.9 Å². The van der Waals surface area contributed by atoms with Gasteiger partial charge in [-0.1, -0.05) is 19.8 Å². The normalized spacial score (nSPS) is 21.7. The Hall–Kier alpha value is -0.0800. The Morgan fingerprint density at radius 1 is 1.11 bits per heavy atom. The van der Waals surface area contributed by atoms with Gasteiger partial charge >= 0.3 is 0 Å². The molecule has 1 N–H and O–H groups in total.